The molecule has 6 heteroatoms. The molecule has 1 amide bonds. The summed E-state index contributed by atoms with van der Waals surface area (Å²) in [6, 6.07) is 3.82. The minimum atomic E-state index is -0.705. The van der Waals surface area contributed by atoms with E-state index in [1.165, 1.54) is 35.5 Å². The zero-order valence-electron chi connectivity index (χ0n) is 14.3. The first-order valence-corrected chi connectivity index (χ1v) is 9.76. The van der Waals surface area contributed by atoms with Gasteiger partial charge in [-0.1, -0.05) is 6.42 Å². The number of carbonyl (C=O) groups is 2. The first-order chi connectivity index (χ1) is 11.6. The molecule has 0 radical (unpaired) electrons. The Morgan fingerprint density at radius 2 is 1.75 bits per heavy atom. The molecular weight excluding hydrogens is 324 g/mol. The summed E-state index contributed by atoms with van der Waals surface area (Å²) in [5, 5.41) is 0. The molecule has 2 aliphatic heterocycles. The molecule has 1 atom stereocenters. The van der Waals surface area contributed by atoms with Crippen LogP contribution in [0.1, 0.15) is 53.6 Å². The van der Waals surface area contributed by atoms with Crippen LogP contribution in [0.3, 0.4) is 0 Å². The first-order valence-electron chi connectivity index (χ1n) is 8.94. The van der Waals surface area contributed by atoms with Crippen molar-refractivity contribution in [3.63, 3.8) is 0 Å². The summed E-state index contributed by atoms with van der Waals surface area (Å²) >= 11 is 1.48. The Morgan fingerprint density at radius 1 is 1.08 bits per heavy atom. The topological polar surface area (TPSA) is 49.9 Å². The molecule has 2 aliphatic rings. The van der Waals surface area contributed by atoms with Crippen LogP contribution in [-0.2, 0) is 16.1 Å². The van der Waals surface area contributed by atoms with Gasteiger partial charge in [0.05, 0.1) is 0 Å². The van der Waals surface area contributed by atoms with E-state index in [1.54, 1.807) is 11.8 Å². The van der Waals surface area contributed by atoms with Crippen molar-refractivity contribution >= 4 is 23.2 Å². The number of ether oxygens (including phenoxy) is 1. The number of thiophene rings is 1. The molecule has 5 nitrogen and oxygen atoms in total. The zero-order valence-corrected chi connectivity index (χ0v) is 15.1. The van der Waals surface area contributed by atoms with Gasteiger partial charge in [-0.3, -0.25) is 9.69 Å². The number of amides is 1. The smallest absolute Gasteiger partial charge is 0.349 e. The van der Waals surface area contributed by atoms with Crippen molar-refractivity contribution < 1.29 is 14.3 Å². The number of hydrogen-bond acceptors (Lipinski definition) is 5. The summed E-state index contributed by atoms with van der Waals surface area (Å²) in [7, 11) is 0. The van der Waals surface area contributed by atoms with Crippen molar-refractivity contribution in [1.29, 1.82) is 0 Å². The predicted molar refractivity (Wildman–Crippen MR) is 94.1 cm³/mol. The molecule has 0 N–H and O–H groups in total. The lowest BCUT2D eigenvalue weighted by Crippen LogP contribution is -2.38. The highest BCUT2D eigenvalue weighted by molar-refractivity contribution is 7.13. The normalized spacial score (nSPS) is 20.1. The molecule has 0 unspecified atom stereocenters. The van der Waals surface area contributed by atoms with E-state index in [1.807, 2.05) is 12.1 Å². The van der Waals surface area contributed by atoms with Crippen molar-refractivity contribution in [2.45, 2.75) is 51.7 Å². The van der Waals surface area contributed by atoms with Crippen LogP contribution in [-0.4, -0.2) is 54.0 Å². The first kappa shape index (κ1) is 17.4. The fourth-order valence-electron chi connectivity index (χ4n) is 3.37. The van der Waals surface area contributed by atoms with Gasteiger partial charge < -0.3 is 9.64 Å². The third kappa shape index (κ3) is 4.36. The largest absolute Gasteiger partial charge is 0.448 e. The van der Waals surface area contributed by atoms with Gasteiger partial charge in [-0.25, -0.2) is 4.79 Å². The molecule has 0 aliphatic carbocycles. The molecule has 3 rings (SSSR count). The van der Waals surface area contributed by atoms with Crippen LogP contribution >= 0.6 is 11.3 Å². The number of esters is 1. The fourth-order valence-corrected chi connectivity index (χ4v) is 4.31. The van der Waals surface area contributed by atoms with Crippen LogP contribution in [0.5, 0.6) is 0 Å². The minimum absolute atomic E-state index is 0.0778. The summed E-state index contributed by atoms with van der Waals surface area (Å²) in [5.41, 5.74) is 0. The van der Waals surface area contributed by atoms with Crippen molar-refractivity contribution in [2.75, 3.05) is 26.2 Å². The van der Waals surface area contributed by atoms with Gasteiger partial charge in [0.1, 0.15) is 4.88 Å². The van der Waals surface area contributed by atoms with Gasteiger partial charge in [0.2, 0.25) is 0 Å². The van der Waals surface area contributed by atoms with Crippen LogP contribution in [0.15, 0.2) is 12.1 Å². The highest BCUT2D eigenvalue weighted by Crippen LogP contribution is 2.22. The summed E-state index contributed by atoms with van der Waals surface area (Å²) in [5.74, 6) is -0.462. The average Bonchev–Trinajstić information content (AvgIpc) is 3.27. The Hall–Kier alpha value is -1.40. The SMILES string of the molecule is C[C@H](OC(=O)c1ccc(CN2CCCCC2)s1)C(=O)N1CCCC1. The lowest BCUT2D eigenvalue weighted by Gasteiger charge is -2.25. The van der Waals surface area contributed by atoms with Crippen molar-refractivity contribution in [3.8, 4) is 0 Å². The molecule has 1 aromatic heterocycles. The number of hydrogen-bond donors (Lipinski definition) is 0. The van der Waals surface area contributed by atoms with Crippen LogP contribution in [0, 0.1) is 0 Å². The van der Waals surface area contributed by atoms with Crippen LogP contribution in [0.4, 0.5) is 0 Å². The molecule has 0 bridgehead atoms. The second-order valence-corrected chi connectivity index (χ2v) is 7.85. The van der Waals surface area contributed by atoms with E-state index in [2.05, 4.69) is 4.90 Å². The van der Waals surface area contributed by atoms with Gasteiger partial charge in [0.25, 0.3) is 5.91 Å². The molecule has 3 heterocycles. The summed E-state index contributed by atoms with van der Waals surface area (Å²) in [6.07, 6.45) is 5.21. The van der Waals surface area contributed by atoms with E-state index < -0.39 is 6.10 Å². The Morgan fingerprint density at radius 3 is 2.46 bits per heavy atom. The predicted octanol–water partition coefficient (Wildman–Crippen LogP) is 2.90. The van der Waals surface area contributed by atoms with E-state index in [-0.39, 0.29) is 11.9 Å². The molecule has 2 fully saturated rings. The number of likely N-dealkylation sites (tertiary alicyclic amines) is 2. The minimum Gasteiger partial charge on any atom is -0.448 e. The maximum absolute atomic E-state index is 12.3. The van der Waals surface area contributed by atoms with Gasteiger partial charge in [-0.15, -0.1) is 11.3 Å². The van der Waals surface area contributed by atoms with Crippen molar-refractivity contribution in [2.24, 2.45) is 0 Å². The van der Waals surface area contributed by atoms with E-state index in [0.29, 0.717) is 4.88 Å². The quantitative estimate of drug-likeness (QED) is 0.766. The number of piperidine rings is 1. The Bertz CT molecular complexity index is 575. The molecule has 0 saturated carbocycles. The lowest BCUT2D eigenvalue weighted by atomic mass is 10.1. The molecule has 2 saturated heterocycles. The summed E-state index contributed by atoms with van der Waals surface area (Å²) in [4.78, 5) is 30.5. The Kier molecular flexibility index (Phi) is 5.89. The van der Waals surface area contributed by atoms with E-state index in [0.717, 1.165) is 45.6 Å². The third-order valence-electron chi connectivity index (χ3n) is 4.74. The molecule has 0 spiro atoms. The number of rotatable bonds is 5. The van der Waals surface area contributed by atoms with Crippen LogP contribution in [0.25, 0.3) is 0 Å². The highest BCUT2D eigenvalue weighted by atomic mass is 32.1. The standard InChI is InChI=1S/C18H26N2O3S/c1-14(17(21)20-11-5-6-12-20)23-18(22)16-8-7-15(24-16)13-19-9-3-2-4-10-19/h7-8,14H,2-6,9-13H2,1H3/t14-/m0/s1. The number of nitrogens with zero attached hydrogens (tertiary/aromatic N) is 2. The van der Waals surface area contributed by atoms with Crippen molar-refractivity contribution in [1.82, 2.24) is 9.80 Å². The second-order valence-electron chi connectivity index (χ2n) is 6.68. The van der Waals surface area contributed by atoms with Crippen molar-refractivity contribution in [3.05, 3.63) is 21.9 Å². The zero-order chi connectivity index (χ0) is 16.9. The Labute approximate surface area is 147 Å². The van der Waals surface area contributed by atoms with Gasteiger partial charge in [-0.2, -0.15) is 0 Å². The fraction of sp³-hybridized carbons (Fsp3) is 0.667. The van der Waals surface area contributed by atoms with Gasteiger partial charge >= 0.3 is 5.97 Å². The molecule has 1 aromatic rings. The van der Waals surface area contributed by atoms with Crippen LogP contribution < -0.4 is 0 Å². The average molecular weight is 350 g/mol. The molecule has 24 heavy (non-hydrogen) atoms. The van der Waals surface area contributed by atoms with E-state index >= 15 is 0 Å². The Balaban J connectivity index is 1.52. The highest BCUT2D eigenvalue weighted by Gasteiger charge is 2.26. The van der Waals surface area contributed by atoms with E-state index in [4.69, 9.17) is 4.74 Å². The summed E-state index contributed by atoms with van der Waals surface area (Å²) < 4.78 is 5.38. The third-order valence-corrected chi connectivity index (χ3v) is 5.79. The van der Waals surface area contributed by atoms with Crippen LogP contribution in [0.2, 0.25) is 0 Å². The van der Waals surface area contributed by atoms with Gasteiger partial charge in [-0.05, 0) is 57.8 Å². The van der Waals surface area contributed by atoms with Gasteiger partial charge in [0.15, 0.2) is 6.10 Å². The second kappa shape index (κ2) is 8.12. The molecular formula is C18H26N2O3S. The lowest BCUT2D eigenvalue weighted by molar-refractivity contribution is -0.138. The van der Waals surface area contributed by atoms with E-state index in [9.17, 15) is 9.59 Å². The molecule has 0 aromatic carbocycles. The van der Waals surface area contributed by atoms with Gasteiger partial charge in [0, 0.05) is 24.5 Å². The molecule has 132 valence electrons. The maximum Gasteiger partial charge on any atom is 0.349 e. The monoisotopic (exact) mass is 350 g/mol. The number of carbonyl (C=O) groups excluding carboxylic acids is 2. The summed E-state index contributed by atoms with van der Waals surface area (Å²) in [6.45, 7) is 6.40. The maximum atomic E-state index is 12.3.